The molecule has 1 fully saturated rings. The van der Waals surface area contributed by atoms with Gasteiger partial charge in [-0.25, -0.2) is 4.79 Å². The van der Waals surface area contributed by atoms with E-state index in [-0.39, 0.29) is 37.0 Å². The molecule has 0 radical (unpaired) electrons. The number of likely N-dealkylation sites (tertiary alicyclic amines) is 1. The molecule has 1 aliphatic heterocycles. The number of hydrogen-bond acceptors (Lipinski definition) is 6. The van der Waals surface area contributed by atoms with Gasteiger partial charge in [0.05, 0.1) is 12.2 Å². The number of nitrogens with zero attached hydrogens (tertiary/aromatic N) is 1. The first kappa shape index (κ1) is 26.7. The van der Waals surface area contributed by atoms with Crippen LogP contribution in [0.5, 0.6) is 0 Å². The Morgan fingerprint density at radius 1 is 1.00 bits per heavy atom. The second-order valence-corrected chi connectivity index (χ2v) is 11.8. The van der Waals surface area contributed by atoms with E-state index in [9.17, 15) is 19.5 Å². The minimum Gasteiger partial charge on any atom is -0.549 e. The van der Waals surface area contributed by atoms with Crippen molar-refractivity contribution in [3.05, 3.63) is 80.9 Å². The van der Waals surface area contributed by atoms with E-state index in [1.165, 1.54) is 0 Å². The summed E-state index contributed by atoms with van der Waals surface area (Å²) in [7, 11) is 0. The summed E-state index contributed by atoms with van der Waals surface area (Å²) in [5, 5.41) is 14.0. The minimum absolute atomic E-state index is 0.106. The summed E-state index contributed by atoms with van der Waals surface area (Å²) in [5.74, 6) is -1.22. The highest BCUT2D eigenvalue weighted by Gasteiger charge is 2.38. The Balaban J connectivity index is 1.37. The van der Waals surface area contributed by atoms with Crippen molar-refractivity contribution in [1.29, 1.82) is 0 Å². The normalized spacial score (nSPS) is 15.7. The van der Waals surface area contributed by atoms with Gasteiger partial charge in [-0.15, -0.1) is 0 Å². The van der Waals surface area contributed by atoms with Gasteiger partial charge >= 0.3 is 5.63 Å². The Labute approximate surface area is 227 Å². The van der Waals surface area contributed by atoms with E-state index in [1.54, 1.807) is 23.3 Å². The van der Waals surface area contributed by atoms with Crippen molar-refractivity contribution in [2.45, 2.75) is 71.1 Å². The number of carbonyl (C=O) groups excluding carboxylic acids is 2. The highest BCUT2D eigenvalue weighted by molar-refractivity contribution is 6.00. The van der Waals surface area contributed by atoms with Crippen LogP contribution in [0.25, 0.3) is 21.9 Å². The summed E-state index contributed by atoms with van der Waals surface area (Å²) in [4.78, 5) is 40.0. The largest absolute Gasteiger partial charge is 0.549 e. The van der Waals surface area contributed by atoms with Gasteiger partial charge in [-0.05, 0) is 55.7 Å². The highest BCUT2D eigenvalue weighted by atomic mass is 16.4. The zero-order valence-corrected chi connectivity index (χ0v) is 23.2. The minimum atomic E-state index is -1.11. The smallest absolute Gasteiger partial charge is 0.339 e. The van der Waals surface area contributed by atoms with Crippen LogP contribution in [0.3, 0.4) is 0 Å². The van der Waals surface area contributed by atoms with Crippen molar-refractivity contribution in [3.63, 3.8) is 0 Å². The van der Waals surface area contributed by atoms with Crippen LogP contribution in [0.1, 0.15) is 67.9 Å². The maximum absolute atomic E-state index is 13.1. The first-order valence-electron chi connectivity index (χ1n) is 13.5. The molecule has 0 N–H and O–H groups in total. The molecule has 2 aromatic carbocycles. The van der Waals surface area contributed by atoms with Gasteiger partial charge in [0.15, 0.2) is 0 Å². The van der Waals surface area contributed by atoms with E-state index in [4.69, 9.17) is 8.83 Å². The summed E-state index contributed by atoms with van der Waals surface area (Å²) in [6.07, 6.45) is 2.74. The third-order valence-corrected chi connectivity index (χ3v) is 8.43. The van der Waals surface area contributed by atoms with Gasteiger partial charge in [0.2, 0.25) is 5.91 Å². The van der Waals surface area contributed by atoms with E-state index in [1.807, 2.05) is 38.1 Å². The van der Waals surface area contributed by atoms with Crippen LogP contribution in [-0.2, 0) is 26.8 Å². The molecule has 0 spiro atoms. The van der Waals surface area contributed by atoms with Crippen molar-refractivity contribution in [2.75, 3.05) is 13.1 Å². The molecule has 39 heavy (non-hydrogen) atoms. The van der Waals surface area contributed by atoms with E-state index in [0.29, 0.717) is 35.4 Å². The van der Waals surface area contributed by atoms with Gasteiger partial charge in [0.1, 0.15) is 11.2 Å². The first-order chi connectivity index (χ1) is 18.4. The van der Waals surface area contributed by atoms with E-state index >= 15 is 0 Å². The molecule has 204 valence electrons. The third-order valence-electron chi connectivity index (χ3n) is 8.43. The lowest BCUT2D eigenvalue weighted by atomic mass is 9.73. The lowest BCUT2D eigenvalue weighted by Crippen LogP contribution is -2.53. The first-order valence-corrected chi connectivity index (χ1v) is 13.5. The fraction of sp³-hybridized carbons (Fsp3) is 0.406. The van der Waals surface area contributed by atoms with Gasteiger partial charge in [-0.1, -0.05) is 51.1 Å². The Bertz CT molecular complexity index is 1630. The molecule has 1 amide bonds. The Morgan fingerprint density at radius 3 is 2.28 bits per heavy atom. The van der Waals surface area contributed by atoms with Crippen molar-refractivity contribution in [3.8, 4) is 0 Å². The number of carboxylic acid groups (broad SMARTS) is 1. The molecule has 1 aliphatic rings. The number of carbonyl (C=O) groups is 2. The second kappa shape index (κ2) is 9.70. The average molecular weight is 529 g/mol. The van der Waals surface area contributed by atoms with Crippen molar-refractivity contribution < 1.29 is 23.5 Å². The maximum Gasteiger partial charge on any atom is 0.339 e. The molecule has 3 heterocycles. The van der Waals surface area contributed by atoms with Gasteiger partial charge in [-0.3, -0.25) is 4.79 Å². The molecule has 0 aliphatic carbocycles. The molecule has 5 rings (SSSR count). The molecular weight excluding hydrogens is 494 g/mol. The van der Waals surface area contributed by atoms with E-state index < -0.39 is 17.0 Å². The second-order valence-electron chi connectivity index (χ2n) is 11.8. The molecule has 7 nitrogen and oxygen atoms in total. The topological polar surface area (TPSA) is 104 Å². The fourth-order valence-corrected chi connectivity index (χ4v) is 5.96. The zero-order valence-electron chi connectivity index (χ0n) is 23.2. The molecular formula is C32H34NO6-. The van der Waals surface area contributed by atoms with Crippen molar-refractivity contribution >= 4 is 33.8 Å². The van der Waals surface area contributed by atoms with Crippen LogP contribution >= 0.6 is 0 Å². The maximum atomic E-state index is 13.1. The van der Waals surface area contributed by atoms with Gasteiger partial charge < -0.3 is 23.6 Å². The van der Waals surface area contributed by atoms with Gasteiger partial charge in [0.25, 0.3) is 0 Å². The van der Waals surface area contributed by atoms with E-state index in [2.05, 4.69) is 20.8 Å². The number of carboxylic acids is 1. The number of furan rings is 1. The predicted molar refractivity (Wildman–Crippen MR) is 148 cm³/mol. The monoisotopic (exact) mass is 528 g/mol. The SMILES string of the molecule is Cc1c(CCC(=O)N2CCC(C(=O)[O-])(c3ccccc3)CC2)c(=O)oc2c(C)c3occ(C(C)(C)C)c3cc12. The van der Waals surface area contributed by atoms with Crippen molar-refractivity contribution in [1.82, 2.24) is 4.90 Å². The molecule has 7 heteroatoms. The van der Waals surface area contributed by atoms with Crippen LogP contribution in [0.4, 0.5) is 0 Å². The predicted octanol–water partition coefficient (Wildman–Crippen LogP) is 4.70. The van der Waals surface area contributed by atoms with Crippen LogP contribution < -0.4 is 10.7 Å². The van der Waals surface area contributed by atoms with Crippen LogP contribution in [-0.4, -0.2) is 29.9 Å². The average Bonchev–Trinajstić information content (AvgIpc) is 3.35. The summed E-state index contributed by atoms with van der Waals surface area (Å²) < 4.78 is 11.7. The van der Waals surface area contributed by atoms with Crippen molar-refractivity contribution in [2.24, 2.45) is 0 Å². The molecule has 0 saturated carbocycles. The number of benzene rings is 2. The molecule has 0 atom stereocenters. The Hall–Kier alpha value is -3.87. The standard InChI is InChI=1S/C32H35NO6/c1-19-22(29(35)39-28-20(2)27-24(17-23(19)28)25(18-38-27)31(3,4)5)11-12-26(34)33-15-13-32(14-16-33,30(36)37)21-9-7-6-8-10-21/h6-10,17-18H,11-16H2,1-5H3,(H,36,37)/p-1. The number of fused-ring (bicyclic) bond motifs is 2. The Kier molecular flexibility index (Phi) is 6.65. The van der Waals surface area contributed by atoms with E-state index in [0.717, 1.165) is 27.5 Å². The zero-order chi connectivity index (χ0) is 28.1. The van der Waals surface area contributed by atoms with Crippen LogP contribution in [0.2, 0.25) is 0 Å². The number of aryl methyl sites for hydroxylation is 2. The van der Waals surface area contributed by atoms with Crippen LogP contribution in [0.15, 0.2) is 56.3 Å². The number of amides is 1. The summed E-state index contributed by atoms with van der Waals surface area (Å²) in [6.45, 7) is 10.8. The molecule has 4 aromatic rings. The third kappa shape index (κ3) is 4.54. The number of rotatable bonds is 5. The number of aliphatic carboxylic acids is 1. The Morgan fingerprint density at radius 2 is 1.67 bits per heavy atom. The summed E-state index contributed by atoms with van der Waals surface area (Å²) in [6, 6.07) is 11.1. The summed E-state index contributed by atoms with van der Waals surface area (Å²) in [5.41, 5.74) is 3.41. The highest BCUT2D eigenvalue weighted by Crippen LogP contribution is 2.38. The summed E-state index contributed by atoms with van der Waals surface area (Å²) >= 11 is 0. The molecule has 0 bridgehead atoms. The number of piperidine rings is 1. The fourth-order valence-electron chi connectivity index (χ4n) is 5.96. The lowest BCUT2D eigenvalue weighted by Gasteiger charge is -2.43. The molecule has 0 unspecified atom stereocenters. The van der Waals surface area contributed by atoms with Crippen LogP contribution in [0, 0.1) is 13.8 Å². The molecule has 1 saturated heterocycles. The molecule has 2 aromatic heterocycles. The van der Waals surface area contributed by atoms with Gasteiger partial charge in [-0.2, -0.15) is 0 Å². The quantitative estimate of drug-likeness (QED) is 0.348. The number of hydrogen-bond donors (Lipinski definition) is 0. The lowest BCUT2D eigenvalue weighted by molar-refractivity contribution is -0.315. The van der Waals surface area contributed by atoms with Gasteiger partial charge in [0, 0.05) is 52.4 Å².